The third-order valence-electron chi connectivity index (χ3n) is 5.10. The van der Waals surface area contributed by atoms with E-state index in [4.69, 9.17) is 4.74 Å². The van der Waals surface area contributed by atoms with Crippen LogP contribution in [0.5, 0.6) is 5.75 Å². The summed E-state index contributed by atoms with van der Waals surface area (Å²) in [4.78, 5) is 38.4. The average molecular weight is 414 g/mol. The number of carbonyl (C=O) groups excluding carboxylic acids is 3. The number of benzene rings is 3. The van der Waals surface area contributed by atoms with Gasteiger partial charge in [0.05, 0.1) is 5.56 Å². The third kappa shape index (κ3) is 4.98. The molecule has 0 atom stereocenters. The monoisotopic (exact) mass is 414 g/mol. The van der Waals surface area contributed by atoms with Crippen LogP contribution in [-0.2, 0) is 4.79 Å². The Labute approximate surface area is 180 Å². The Bertz CT molecular complexity index is 1080. The van der Waals surface area contributed by atoms with E-state index < -0.39 is 5.97 Å². The molecule has 0 spiro atoms. The van der Waals surface area contributed by atoms with E-state index in [2.05, 4.69) is 5.32 Å². The Kier molecular flexibility index (Phi) is 6.08. The molecule has 156 valence electrons. The predicted molar refractivity (Wildman–Crippen MR) is 118 cm³/mol. The van der Waals surface area contributed by atoms with Crippen molar-refractivity contribution in [2.45, 2.75) is 19.3 Å². The van der Waals surface area contributed by atoms with E-state index in [0.29, 0.717) is 35.5 Å². The van der Waals surface area contributed by atoms with E-state index in [0.717, 1.165) is 18.5 Å². The fourth-order valence-corrected chi connectivity index (χ4v) is 3.42. The van der Waals surface area contributed by atoms with Crippen LogP contribution in [-0.4, -0.2) is 24.3 Å². The van der Waals surface area contributed by atoms with Crippen LogP contribution in [0.4, 0.5) is 11.4 Å². The Morgan fingerprint density at radius 1 is 0.806 bits per heavy atom. The van der Waals surface area contributed by atoms with Crippen LogP contribution in [0.3, 0.4) is 0 Å². The van der Waals surface area contributed by atoms with Gasteiger partial charge >= 0.3 is 5.97 Å². The number of nitrogens with one attached hydrogen (secondary N) is 1. The van der Waals surface area contributed by atoms with Crippen molar-refractivity contribution in [3.05, 3.63) is 90.0 Å². The molecule has 1 aliphatic rings. The van der Waals surface area contributed by atoms with Crippen LogP contribution >= 0.6 is 0 Å². The van der Waals surface area contributed by atoms with E-state index in [9.17, 15) is 14.4 Å². The summed E-state index contributed by atoms with van der Waals surface area (Å²) in [5.41, 5.74) is 2.35. The zero-order valence-electron chi connectivity index (χ0n) is 16.9. The zero-order chi connectivity index (χ0) is 21.6. The Hall–Kier alpha value is -3.93. The molecular weight excluding hydrogens is 392 g/mol. The van der Waals surface area contributed by atoms with Crippen molar-refractivity contribution in [2.24, 2.45) is 0 Å². The van der Waals surface area contributed by atoms with Crippen LogP contribution in [0.1, 0.15) is 40.0 Å². The van der Waals surface area contributed by atoms with E-state index in [1.165, 1.54) is 0 Å². The Balaban J connectivity index is 1.36. The summed E-state index contributed by atoms with van der Waals surface area (Å²) < 4.78 is 5.42. The summed E-state index contributed by atoms with van der Waals surface area (Å²) in [6, 6.07) is 22.4. The minimum absolute atomic E-state index is 0.112. The summed E-state index contributed by atoms with van der Waals surface area (Å²) in [6.45, 7) is 0.704. The third-order valence-corrected chi connectivity index (χ3v) is 5.10. The first kappa shape index (κ1) is 20.3. The van der Waals surface area contributed by atoms with Crippen LogP contribution < -0.4 is 15.0 Å². The van der Waals surface area contributed by atoms with E-state index >= 15 is 0 Å². The van der Waals surface area contributed by atoms with Crippen molar-refractivity contribution in [1.29, 1.82) is 0 Å². The van der Waals surface area contributed by atoms with Gasteiger partial charge in [0.2, 0.25) is 5.91 Å². The molecule has 1 fully saturated rings. The SMILES string of the molecule is O=C(Nc1ccc(OC(=O)c2ccc(N3CCCCC3=O)cc2)cc1)c1ccccc1. The molecule has 6 nitrogen and oxygen atoms in total. The molecule has 4 rings (SSSR count). The highest BCUT2D eigenvalue weighted by Crippen LogP contribution is 2.22. The summed E-state index contributed by atoms with van der Waals surface area (Å²) in [5, 5.41) is 2.80. The van der Waals surface area contributed by atoms with Crippen molar-refractivity contribution in [1.82, 2.24) is 0 Å². The molecule has 2 amide bonds. The number of piperidine rings is 1. The number of rotatable bonds is 5. The lowest BCUT2D eigenvalue weighted by Crippen LogP contribution is -2.35. The van der Waals surface area contributed by atoms with Gasteiger partial charge < -0.3 is 15.0 Å². The standard InChI is InChI=1S/C25H22N2O4/c28-23-8-4-5-17-27(23)21-13-9-19(10-14-21)25(30)31-22-15-11-20(12-16-22)26-24(29)18-6-2-1-3-7-18/h1-3,6-7,9-16H,4-5,8,17H2,(H,26,29). The highest BCUT2D eigenvalue weighted by Gasteiger charge is 2.20. The second-order valence-corrected chi connectivity index (χ2v) is 7.28. The Morgan fingerprint density at radius 3 is 2.19 bits per heavy atom. The molecule has 0 bridgehead atoms. The van der Waals surface area contributed by atoms with Crippen LogP contribution in [0, 0.1) is 0 Å². The molecular formula is C25H22N2O4. The summed E-state index contributed by atoms with van der Waals surface area (Å²) in [6.07, 6.45) is 2.47. The molecule has 0 unspecified atom stereocenters. The number of amides is 2. The number of hydrogen-bond acceptors (Lipinski definition) is 4. The minimum atomic E-state index is -0.488. The molecule has 0 saturated carbocycles. The maximum absolute atomic E-state index is 12.4. The smallest absolute Gasteiger partial charge is 0.343 e. The molecule has 3 aromatic carbocycles. The Morgan fingerprint density at radius 2 is 1.52 bits per heavy atom. The van der Waals surface area contributed by atoms with Crippen molar-refractivity contribution in [3.8, 4) is 5.75 Å². The van der Waals surface area contributed by atoms with Gasteiger partial charge in [-0.25, -0.2) is 4.79 Å². The summed E-state index contributed by atoms with van der Waals surface area (Å²) in [5.74, 6) is -0.214. The molecule has 6 heteroatoms. The maximum Gasteiger partial charge on any atom is 0.343 e. The lowest BCUT2D eigenvalue weighted by atomic mass is 10.1. The summed E-state index contributed by atoms with van der Waals surface area (Å²) in [7, 11) is 0. The number of nitrogens with zero attached hydrogens (tertiary/aromatic N) is 1. The molecule has 1 saturated heterocycles. The molecule has 1 heterocycles. The average Bonchev–Trinajstić information content (AvgIpc) is 2.81. The normalized spacial score (nSPS) is 13.5. The first-order chi connectivity index (χ1) is 15.1. The van der Waals surface area contributed by atoms with Gasteiger partial charge in [0.25, 0.3) is 5.91 Å². The van der Waals surface area contributed by atoms with Gasteiger partial charge in [0.15, 0.2) is 0 Å². The highest BCUT2D eigenvalue weighted by atomic mass is 16.5. The first-order valence-corrected chi connectivity index (χ1v) is 10.2. The van der Waals surface area contributed by atoms with Crippen LogP contribution in [0.25, 0.3) is 0 Å². The molecule has 31 heavy (non-hydrogen) atoms. The molecule has 0 radical (unpaired) electrons. The van der Waals surface area contributed by atoms with Gasteiger partial charge in [-0.05, 0) is 73.5 Å². The number of anilines is 2. The lowest BCUT2D eigenvalue weighted by Gasteiger charge is -2.26. The molecule has 1 aliphatic heterocycles. The maximum atomic E-state index is 12.4. The van der Waals surface area contributed by atoms with E-state index in [1.807, 2.05) is 6.07 Å². The molecule has 3 aromatic rings. The first-order valence-electron chi connectivity index (χ1n) is 10.2. The summed E-state index contributed by atoms with van der Waals surface area (Å²) >= 11 is 0. The van der Waals surface area contributed by atoms with Crippen molar-refractivity contribution in [2.75, 3.05) is 16.8 Å². The highest BCUT2D eigenvalue weighted by molar-refractivity contribution is 6.04. The van der Waals surface area contributed by atoms with Gasteiger partial charge in [0, 0.05) is 29.9 Å². The van der Waals surface area contributed by atoms with E-state index in [1.54, 1.807) is 77.7 Å². The van der Waals surface area contributed by atoms with Gasteiger partial charge in [0.1, 0.15) is 5.75 Å². The van der Waals surface area contributed by atoms with Crippen LogP contribution in [0.2, 0.25) is 0 Å². The number of carbonyl (C=O) groups is 3. The predicted octanol–water partition coefficient (Wildman–Crippen LogP) is 4.68. The van der Waals surface area contributed by atoms with Gasteiger partial charge in [-0.3, -0.25) is 9.59 Å². The zero-order valence-corrected chi connectivity index (χ0v) is 16.9. The van der Waals surface area contributed by atoms with Gasteiger partial charge in [-0.15, -0.1) is 0 Å². The molecule has 1 N–H and O–H groups in total. The number of ether oxygens (including phenoxy) is 1. The van der Waals surface area contributed by atoms with Gasteiger partial charge in [-0.2, -0.15) is 0 Å². The quantitative estimate of drug-likeness (QED) is 0.486. The van der Waals surface area contributed by atoms with Crippen molar-refractivity contribution >= 4 is 29.2 Å². The van der Waals surface area contributed by atoms with E-state index in [-0.39, 0.29) is 11.8 Å². The van der Waals surface area contributed by atoms with Crippen molar-refractivity contribution in [3.63, 3.8) is 0 Å². The van der Waals surface area contributed by atoms with Crippen LogP contribution in [0.15, 0.2) is 78.9 Å². The van der Waals surface area contributed by atoms with Crippen molar-refractivity contribution < 1.29 is 19.1 Å². The fraction of sp³-hybridized carbons (Fsp3) is 0.160. The molecule has 0 aliphatic carbocycles. The second-order valence-electron chi connectivity index (χ2n) is 7.28. The second kappa shape index (κ2) is 9.26. The lowest BCUT2D eigenvalue weighted by molar-refractivity contribution is -0.119. The largest absolute Gasteiger partial charge is 0.423 e. The van der Waals surface area contributed by atoms with Gasteiger partial charge in [-0.1, -0.05) is 18.2 Å². The number of hydrogen-bond donors (Lipinski definition) is 1. The topological polar surface area (TPSA) is 75.7 Å². The number of esters is 1. The minimum Gasteiger partial charge on any atom is -0.423 e. The molecule has 0 aromatic heterocycles. The fourth-order valence-electron chi connectivity index (χ4n) is 3.42.